The number of amidine groups is 1. The molecule has 1 unspecified atom stereocenters. The molecule has 2 aliphatic rings. The number of aromatic nitrogens is 2. The zero-order chi connectivity index (χ0) is 20.1. The third-order valence-corrected chi connectivity index (χ3v) is 6.16. The van der Waals surface area contributed by atoms with Crippen LogP contribution < -0.4 is 4.57 Å². The van der Waals surface area contributed by atoms with Crippen LogP contribution in [0.5, 0.6) is 0 Å². The maximum Gasteiger partial charge on any atom is 0.263 e. The van der Waals surface area contributed by atoms with Gasteiger partial charge in [-0.15, -0.1) is 5.11 Å². The molecule has 2 heterocycles. The van der Waals surface area contributed by atoms with E-state index in [0.717, 1.165) is 29.5 Å². The number of azo groups is 1. The molecule has 1 aliphatic carbocycles. The van der Waals surface area contributed by atoms with Crippen LogP contribution in [0.15, 0.2) is 82.3 Å². The largest absolute Gasteiger partial charge is 0.570 e. The fraction of sp³-hybridized carbons (Fsp3) is 0.304. The molecule has 1 aromatic heterocycles. The second-order valence-electron chi connectivity index (χ2n) is 8.00. The van der Waals surface area contributed by atoms with Crippen LogP contribution in [-0.4, -0.2) is 10.4 Å². The maximum absolute atomic E-state index is 4.92. The van der Waals surface area contributed by atoms with Gasteiger partial charge in [-0.1, -0.05) is 54.6 Å². The number of rotatable bonds is 4. The number of benzene rings is 2. The van der Waals surface area contributed by atoms with Gasteiger partial charge in [-0.05, 0) is 30.9 Å². The highest BCUT2D eigenvalue weighted by molar-refractivity contribution is 6.00. The fourth-order valence-electron chi connectivity index (χ4n) is 4.62. The van der Waals surface area contributed by atoms with Crippen LogP contribution in [0.4, 0.5) is 0 Å². The summed E-state index contributed by atoms with van der Waals surface area (Å²) < 4.78 is 4.35. The van der Waals surface area contributed by atoms with Gasteiger partial charge in [-0.3, -0.25) is 0 Å². The van der Waals surface area contributed by atoms with Crippen molar-refractivity contribution in [3.05, 3.63) is 94.9 Å². The first-order valence-electron chi connectivity index (χ1n) is 9.93. The van der Waals surface area contributed by atoms with Crippen molar-refractivity contribution in [2.24, 2.45) is 29.4 Å². The molecule has 146 valence electrons. The Bertz CT molecular complexity index is 1100. The van der Waals surface area contributed by atoms with Gasteiger partial charge in [-0.25, -0.2) is 9.13 Å². The number of aryl methyl sites for hydroxylation is 3. The Balaban J connectivity index is 1.67. The number of nitrogens with zero attached hydrogens (tertiary/aromatic N) is 6. The molecular formula is C23H24N6. The third kappa shape index (κ3) is 2.55. The topological polar surface area (TPSA) is 60.0 Å². The highest BCUT2D eigenvalue weighted by atomic mass is 15.5. The Morgan fingerprint density at radius 2 is 1.76 bits per heavy atom. The van der Waals surface area contributed by atoms with Gasteiger partial charge in [0, 0.05) is 5.56 Å². The van der Waals surface area contributed by atoms with Crippen LogP contribution in [-0.2, 0) is 25.2 Å². The molecule has 6 nitrogen and oxygen atoms in total. The summed E-state index contributed by atoms with van der Waals surface area (Å²) in [4.78, 5) is 0. The van der Waals surface area contributed by atoms with Gasteiger partial charge in [0.15, 0.2) is 5.84 Å². The molecular weight excluding hydrogens is 360 g/mol. The average Bonchev–Trinajstić information content (AvgIpc) is 3.48. The van der Waals surface area contributed by atoms with Crippen molar-refractivity contribution < 1.29 is 4.57 Å². The molecule has 6 heteroatoms. The second kappa shape index (κ2) is 6.37. The smallest absolute Gasteiger partial charge is 0.263 e. The summed E-state index contributed by atoms with van der Waals surface area (Å²) >= 11 is 0. The summed E-state index contributed by atoms with van der Waals surface area (Å²) in [6.45, 7) is 2.11. The molecule has 1 atom stereocenters. The van der Waals surface area contributed by atoms with Gasteiger partial charge >= 0.3 is 0 Å². The predicted octanol–water partition coefficient (Wildman–Crippen LogP) is 4.24. The molecule has 0 spiro atoms. The van der Waals surface area contributed by atoms with Gasteiger partial charge in [0.2, 0.25) is 0 Å². The van der Waals surface area contributed by atoms with Gasteiger partial charge in [0.1, 0.15) is 12.4 Å². The number of hydrogen-bond acceptors (Lipinski definition) is 3. The SMILES string of the molecule is Cc1ccccc1C1(C2(c3n(C)cc[n+]3C)CC2)N=NC(c2ccccc2)=N[N-]1. The molecule has 1 aliphatic heterocycles. The van der Waals surface area contributed by atoms with Crippen molar-refractivity contribution in [3.8, 4) is 0 Å². The van der Waals surface area contributed by atoms with Crippen molar-refractivity contribution in [1.82, 2.24) is 4.57 Å². The van der Waals surface area contributed by atoms with Crippen molar-refractivity contribution in [2.75, 3.05) is 0 Å². The third-order valence-electron chi connectivity index (χ3n) is 6.16. The zero-order valence-electron chi connectivity index (χ0n) is 16.9. The Morgan fingerprint density at radius 1 is 1.03 bits per heavy atom. The summed E-state index contributed by atoms with van der Waals surface area (Å²) in [6, 6.07) is 18.2. The molecule has 0 bridgehead atoms. The minimum absolute atomic E-state index is 0.263. The first-order valence-corrected chi connectivity index (χ1v) is 9.93. The molecule has 5 rings (SSSR count). The molecule has 1 saturated carbocycles. The number of imidazole rings is 1. The van der Waals surface area contributed by atoms with E-state index in [1.165, 1.54) is 5.82 Å². The Kier molecular flexibility index (Phi) is 3.91. The van der Waals surface area contributed by atoms with E-state index in [4.69, 9.17) is 10.5 Å². The molecule has 0 amide bonds. The molecule has 0 radical (unpaired) electrons. The van der Waals surface area contributed by atoms with Gasteiger partial charge < -0.3 is 10.5 Å². The van der Waals surface area contributed by atoms with E-state index in [0.29, 0.717) is 5.84 Å². The van der Waals surface area contributed by atoms with Crippen molar-refractivity contribution in [1.29, 1.82) is 0 Å². The van der Waals surface area contributed by atoms with Crippen LogP contribution in [0.1, 0.15) is 35.4 Å². The van der Waals surface area contributed by atoms with E-state index in [1.54, 1.807) is 0 Å². The summed E-state index contributed by atoms with van der Waals surface area (Å²) in [5.41, 5.74) is 6.94. The van der Waals surface area contributed by atoms with Crippen LogP contribution in [0.2, 0.25) is 0 Å². The van der Waals surface area contributed by atoms with Crippen LogP contribution in [0, 0.1) is 6.92 Å². The highest BCUT2D eigenvalue weighted by Crippen LogP contribution is 2.64. The van der Waals surface area contributed by atoms with E-state index in [9.17, 15) is 0 Å². The van der Waals surface area contributed by atoms with E-state index in [-0.39, 0.29) is 5.41 Å². The zero-order valence-corrected chi connectivity index (χ0v) is 16.9. The molecule has 0 saturated heterocycles. The molecule has 2 aromatic carbocycles. The lowest BCUT2D eigenvalue weighted by atomic mass is 9.80. The highest BCUT2D eigenvalue weighted by Gasteiger charge is 2.64. The maximum atomic E-state index is 4.92. The molecule has 1 fully saturated rings. The van der Waals surface area contributed by atoms with Crippen molar-refractivity contribution in [2.45, 2.75) is 30.8 Å². The molecule has 0 N–H and O–H groups in total. The average molecular weight is 384 g/mol. The Hall–Kier alpha value is -3.28. The minimum atomic E-state index is -0.861. The first-order chi connectivity index (χ1) is 14.1. The monoisotopic (exact) mass is 384 g/mol. The first kappa shape index (κ1) is 17.8. The quantitative estimate of drug-likeness (QED) is 0.604. The summed E-state index contributed by atoms with van der Waals surface area (Å²) in [7, 11) is 4.17. The fourth-order valence-corrected chi connectivity index (χ4v) is 4.62. The number of hydrogen-bond donors (Lipinski definition) is 0. The van der Waals surface area contributed by atoms with E-state index in [1.807, 2.05) is 42.5 Å². The summed E-state index contributed by atoms with van der Waals surface area (Å²) in [5.74, 6) is 1.75. The lowest BCUT2D eigenvalue weighted by Gasteiger charge is -2.48. The summed E-state index contributed by atoms with van der Waals surface area (Å²) in [5, 5.41) is 14.1. The Morgan fingerprint density at radius 3 is 2.34 bits per heavy atom. The summed E-state index contributed by atoms with van der Waals surface area (Å²) in [6.07, 6.45) is 6.15. The van der Waals surface area contributed by atoms with Gasteiger partial charge in [0.05, 0.1) is 25.2 Å². The van der Waals surface area contributed by atoms with Gasteiger partial charge in [-0.2, -0.15) is 5.11 Å². The van der Waals surface area contributed by atoms with Crippen LogP contribution in [0.25, 0.3) is 5.43 Å². The minimum Gasteiger partial charge on any atom is -0.570 e. The lowest BCUT2D eigenvalue weighted by molar-refractivity contribution is -0.681. The van der Waals surface area contributed by atoms with Crippen LogP contribution >= 0.6 is 0 Å². The molecule has 3 aromatic rings. The van der Waals surface area contributed by atoms with E-state index >= 15 is 0 Å². The normalized spacial score (nSPS) is 22.1. The molecule has 29 heavy (non-hydrogen) atoms. The standard InChI is InChI=1S/C23H24N6/c1-17-9-7-8-12-19(17)23(22(13-14-22)21-28(2)15-16-29(21)3)26-24-20(25-27-23)18-10-5-4-6-11-18/h4-12,15-16H,13-14H2,1-3H3. The predicted molar refractivity (Wildman–Crippen MR) is 112 cm³/mol. The van der Waals surface area contributed by atoms with Gasteiger partial charge in [0.25, 0.3) is 5.82 Å². The van der Waals surface area contributed by atoms with Crippen molar-refractivity contribution >= 4 is 5.84 Å². The van der Waals surface area contributed by atoms with Crippen LogP contribution in [0.3, 0.4) is 0 Å². The van der Waals surface area contributed by atoms with E-state index in [2.05, 4.69) is 64.9 Å². The second-order valence-corrected chi connectivity index (χ2v) is 8.00. The van der Waals surface area contributed by atoms with Crippen molar-refractivity contribution in [3.63, 3.8) is 0 Å². The lowest BCUT2D eigenvalue weighted by Crippen LogP contribution is -2.47. The van der Waals surface area contributed by atoms with E-state index < -0.39 is 5.66 Å². The Labute approximate surface area is 170 Å².